The summed E-state index contributed by atoms with van der Waals surface area (Å²) in [7, 11) is 4.15. The summed E-state index contributed by atoms with van der Waals surface area (Å²) < 4.78 is 2.23. The van der Waals surface area contributed by atoms with E-state index in [2.05, 4.69) is 33.5 Å². The van der Waals surface area contributed by atoms with Crippen LogP contribution >= 0.6 is 0 Å². The minimum absolute atomic E-state index is 0.0912. The molecule has 1 amide bonds. The summed E-state index contributed by atoms with van der Waals surface area (Å²) >= 11 is 0. The van der Waals surface area contributed by atoms with Gasteiger partial charge in [-0.2, -0.15) is 0 Å². The van der Waals surface area contributed by atoms with Crippen LogP contribution < -0.4 is 0 Å². The van der Waals surface area contributed by atoms with Gasteiger partial charge in [-0.15, -0.1) is 0 Å². The summed E-state index contributed by atoms with van der Waals surface area (Å²) in [5.41, 5.74) is 0.710. The number of hydrogen-bond donors (Lipinski definition) is 0. The van der Waals surface area contributed by atoms with Crippen molar-refractivity contribution in [2.75, 3.05) is 33.7 Å². The molecule has 0 unspecified atom stereocenters. The molecule has 0 saturated carbocycles. The van der Waals surface area contributed by atoms with Crippen molar-refractivity contribution in [3.05, 3.63) is 48.3 Å². The van der Waals surface area contributed by atoms with Gasteiger partial charge in [-0.05, 0) is 39.1 Å². The molecule has 24 heavy (non-hydrogen) atoms. The van der Waals surface area contributed by atoms with Crippen LogP contribution in [0, 0.1) is 0 Å². The second kappa shape index (κ2) is 7.57. The van der Waals surface area contributed by atoms with Gasteiger partial charge in [0.1, 0.15) is 5.82 Å². The molecule has 2 aromatic heterocycles. The van der Waals surface area contributed by atoms with Gasteiger partial charge in [0.15, 0.2) is 0 Å². The molecule has 1 atom stereocenters. The summed E-state index contributed by atoms with van der Waals surface area (Å²) in [6.07, 6.45) is 9.35. The molecule has 0 aliphatic carbocycles. The lowest BCUT2D eigenvalue weighted by Gasteiger charge is -2.33. The molecule has 6 nitrogen and oxygen atoms in total. The first-order valence-electron chi connectivity index (χ1n) is 8.50. The van der Waals surface area contributed by atoms with E-state index in [1.807, 2.05) is 17.3 Å². The van der Waals surface area contributed by atoms with Crippen LogP contribution in [-0.2, 0) is 6.54 Å². The Morgan fingerprint density at radius 2 is 2.08 bits per heavy atom. The molecule has 0 aromatic carbocycles. The minimum atomic E-state index is 0.0912. The van der Waals surface area contributed by atoms with Gasteiger partial charge in [0.2, 0.25) is 0 Å². The number of likely N-dealkylation sites (tertiary alicyclic amines) is 1. The van der Waals surface area contributed by atoms with Crippen molar-refractivity contribution in [1.29, 1.82) is 0 Å². The van der Waals surface area contributed by atoms with Crippen molar-refractivity contribution in [2.45, 2.75) is 25.3 Å². The van der Waals surface area contributed by atoms with Crippen molar-refractivity contribution in [2.24, 2.45) is 0 Å². The van der Waals surface area contributed by atoms with Crippen LogP contribution in [0.2, 0.25) is 0 Å². The molecule has 6 heteroatoms. The Hall–Kier alpha value is -2.21. The highest BCUT2D eigenvalue weighted by Gasteiger charge is 2.27. The van der Waals surface area contributed by atoms with Crippen LogP contribution in [0.5, 0.6) is 0 Å². The Balaban J connectivity index is 1.70. The molecule has 3 rings (SSSR count). The monoisotopic (exact) mass is 327 g/mol. The molecule has 0 spiro atoms. The number of nitrogens with zero attached hydrogens (tertiary/aromatic N) is 5. The summed E-state index contributed by atoms with van der Waals surface area (Å²) in [5, 5.41) is 0. The van der Waals surface area contributed by atoms with Crippen LogP contribution in [0.25, 0.3) is 0 Å². The Bertz CT molecular complexity index is 667. The zero-order valence-corrected chi connectivity index (χ0v) is 14.4. The number of likely N-dealkylation sites (N-methyl/N-ethyl adjacent to an activating group) is 1. The summed E-state index contributed by atoms with van der Waals surface area (Å²) in [6, 6.07) is 3.56. The van der Waals surface area contributed by atoms with Crippen molar-refractivity contribution >= 4 is 5.91 Å². The van der Waals surface area contributed by atoms with Gasteiger partial charge < -0.3 is 14.4 Å². The Labute approximate surface area is 143 Å². The summed E-state index contributed by atoms with van der Waals surface area (Å²) in [4.78, 5) is 25.4. The number of amides is 1. The third-order valence-corrected chi connectivity index (χ3v) is 4.54. The first-order chi connectivity index (χ1) is 11.6. The normalized spacial score (nSPS) is 18.1. The highest BCUT2D eigenvalue weighted by molar-refractivity contribution is 5.94. The third-order valence-electron chi connectivity index (χ3n) is 4.54. The second-order valence-corrected chi connectivity index (χ2v) is 6.61. The maximum atomic E-state index is 12.7. The van der Waals surface area contributed by atoms with E-state index in [1.165, 1.54) is 0 Å². The van der Waals surface area contributed by atoms with Gasteiger partial charge in [-0.3, -0.25) is 9.78 Å². The number of hydrogen-bond acceptors (Lipinski definition) is 4. The average Bonchev–Trinajstić information content (AvgIpc) is 3.09. The number of aromatic nitrogens is 3. The van der Waals surface area contributed by atoms with Crippen molar-refractivity contribution < 1.29 is 4.79 Å². The molecule has 0 N–H and O–H groups in total. The summed E-state index contributed by atoms with van der Waals surface area (Å²) in [6.45, 7) is 3.46. The van der Waals surface area contributed by atoms with E-state index < -0.39 is 0 Å². The van der Waals surface area contributed by atoms with Crippen LogP contribution in [0.1, 0.15) is 34.9 Å². The average molecular weight is 327 g/mol. The highest BCUT2D eigenvalue weighted by atomic mass is 16.2. The van der Waals surface area contributed by atoms with Crippen molar-refractivity contribution in [3.8, 4) is 0 Å². The molecule has 1 aliphatic heterocycles. The van der Waals surface area contributed by atoms with E-state index in [0.29, 0.717) is 11.5 Å². The fourth-order valence-electron chi connectivity index (χ4n) is 3.23. The van der Waals surface area contributed by atoms with Crippen molar-refractivity contribution in [3.63, 3.8) is 0 Å². The maximum Gasteiger partial charge on any atom is 0.253 e. The highest BCUT2D eigenvalue weighted by Crippen LogP contribution is 2.26. The van der Waals surface area contributed by atoms with Crippen molar-refractivity contribution in [1.82, 2.24) is 24.3 Å². The van der Waals surface area contributed by atoms with E-state index in [1.54, 1.807) is 24.5 Å². The van der Waals surface area contributed by atoms with Gasteiger partial charge >= 0.3 is 0 Å². The van der Waals surface area contributed by atoms with Crippen LogP contribution in [0.3, 0.4) is 0 Å². The minimum Gasteiger partial charge on any atom is -0.338 e. The van der Waals surface area contributed by atoms with Gasteiger partial charge in [0.05, 0.1) is 0 Å². The molecule has 128 valence electrons. The van der Waals surface area contributed by atoms with E-state index in [4.69, 9.17) is 0 Å². The molecule has 0 bridgehead atoms. The number of rotatable bonds is 5. The molecule has 3 heterocycles. The van der Waals surface area contributed by atoms with E-state index in [0.717, 1.165) is 44.8 Å². The fraction of sp³-hybridized carbons (Fsp3) is 0.500. The Kier molecular flexibility index (Phi) is 5.25. The Morgan fingerprint density at radius 1 is 1.29 bits per heavy atom. The van der Waals surface area contributed by atoms with Crippen LogP contribution in [0.4, 0.5) is 0 Å². The van der Waals surface area contributed by atoms with E-state index >= 15 is 0 Å². The molecule has 2 aromatic rings. The number of pyridine rings is 1. The zero-order chi connectivity index (χ0) is 16.9. The number of piperidine rings is 1. The fourth-order valence-corrected chi connectivity index (χ4v) is 3.23. The standard InChI is InChI=1S/C18H25N5O/c1-21(2)12-13-22-11-9-20-17(22)16-4-3-10-23(14-16)18(24)15-5-7-19-8-6-15/h5-9,11,16H,3-4,10,12-14H2,1-2H3/t16-/m1/s1. The van der Waals surface area contributed by atoms with Gasteiger partial charge in [0, 0.05) is 62.4 Å². The summed E-state index contributed by atoms with van der Waals surface area (Å²) in [5.74, 6) is 1.50. The lowest BCUT2D eigenvalue weighted by atomic mass is 9.96. The largest absolute Gasteiger partial charge is 0.338 e. The number of carbonyl (C=O) groups excluding carboxylic acids is 1. The predicted molar refractivity (Wildman–Crippen MR) is 92.9 cm³/mol. The third kappa shape index (κ3) is 3.82. The SMILES string of the molecule is CN(C)CCn1ccnc1[C@@H]1CCCN(C(=O)c2ccncc2)C1. The molecule has 0 radical (unpaired) electrons. The smallest absolute Gasteiger partial charge is 0.253 e. The number of imidazole rings is 1. The molecular weight excluding hydrogens is 302 g/mol. The second-order valence-electron chi connectivity index (χ2n) is 6.61. The topological polar surface area (TPSA) is 54.3 Å². The van der Waals surface area contributed by atoms with E-state index in [9.17, 15) is 4.79 Å². The molecule has 1 aliphatic rings. The van der Waals surface area contributed by atoms with Crippen LogP contribution in [-0.4, -0.2) is 64.0 Å². The molecule has 1 fully saturated rings. The predicted octanol–water partition coefficient (Wildman–Crippen LogP) is 1.86. The lowest BCUT2D eigenvalue weighted by Crippen LogP contribution is -2.39. The quantitative estimate of drug-likeness (QED) is 0.841. The van der Waals surface area contributed by atoms with Gasteiger partial charge in [0.25, 0.3) is 5.91 Å². The first kappa shape index (κ1) is 16.6. The molecule has 1 saturated heterocycles. The van der Waals surface area contributed by atoms with Gasteiger partial charge in [-0.25, -0.2) is 4.98 Å². The van der Waals surface area contributed by atoms with E-state index in [-0.39, 0.29) is 5.91 Å². The van der Waals surface area contributed by atoms with Crippen LogP contribution in [0.15, 0.2) is 36.9 Å². The number of carbonyl (C=O) groups is 1. The lowest BCUT2D eigenvalue weighted by molar-refractivity contribution is 0.0703. The Morgan fingerprint density at radius 3 is 2.83 bits per heavy atom. The maximum absolute atomic E-state index is 12.7. The van der Waals surface area contributed by atoms with Gasteiger partial charge in [-0.1, -0.05) is 0 Å². The molecular formula is C18H25N5O. The first-order valence-corrected chi connectivity index (χ1v) is 8.50. The zero-order valence-electron chi connectivity index (χ0n) is 14.4.